The highest BCUT2D eigenvalue weighted by molar-refractivity contribution is 8.00. The number of nitrogens with one attached hydrogen (secondary N) is 1. The average Bonchev–Trinajstić information content (AvgIpc) is 2.36. The normalized spacial score (nSPS) is 10.6. The van der Waals surface area contributed by atoms with Crippen LogP contribution in [0.1, 0.15) is 11.3 Å². The van der Waals surface area contributed by atoms with Gasteiger partial charge in [0.15, 0.2) is 0 Å². The summed E-state index contributed by atoms with van der Waals surface area (Å²) in [6, 6.07) is 8.13. The molecule has 3 N–H and O–H groups in total. The molecule has 0 unspecified atom stereocenters. The number of benzene rings is 1. The number of carbonyl (C=O) groups is 1. The number of nitrogens with two attached hydrogens (primary N) is 1. The molecule has 94 valence electrons. The number of hydrazine groups is 1. The molecule has 1 aromatic heterocycles. The molecule has 1 amide bonds. The molecular weight excluding hydrogens is 246 g/mol. The van der Waals surface area contributed by atoms with Crippen molar-refractivity contribution < 1.29 is 4.79 Å². The van der Waals surface area contributed by atoms with E-state index < -0.39 is 0 Å². The lowest BCUT2D eigenvalue weighted by molar-refractivity contribution is -0.118. The van der Waals surface area contributed by atoms with Gasteiger partial charge in [-0.25, -0.2) is 5.84 Å². The predicted octanol–water partition coefficient (Wildman–Crippen LogP) is 1.93. The van der Waals surface area contributed by atoms with Gasteiger partial charge in [0.05, 0.1) is 11.3 Å². The van der Waals surface area contributed by atoms with E-state index in [0.29, 0.717) is 5.75 Å². The lowest BCUT2D eigenvalue weighted by Gasteiger charge is -2.08. The van der Waals surface area contributed by atoms with Gasteiger partial charge in [-0.3, -0.25) is 15.2 Å². The quantitative estimate of drug-likeness (QED) is 0.383. The maximum Gasteiger partial charge on any atom is 0.244 e. The van der Waals surface area contributed by atoms with Crippen molar-refractivity contribution in [2.45, 2.75) is 18.7 Å². The highest BCUT2D eigenvalue weighted by atomic mass is 32.2. The maximum atomic E-state index is 11.2. The van der Waals surface area contributed by atoms with E-state index in [9.17, 15) is 4.79 Å². The van der Waals surface area contributed by atoms with Gasteiger partial charge in [-0.2, -0.15) is 0 Å². The first-order valence-corrected chi connectivity index (χ1v) is 6.59. The predicted molar refractivity (Wildman–Crippen MR) is 74.3 cm³/mol. The number of fused-ring (bicyclic) bond motifs is 1. The number of rotatable bonds is 3. The Bertz CT molecular complexity index is 598. The Balaban J connectivity index is 2.41. The fourth-order valence-corrected chi connectivity index (χ4v) is 2.68. The summed E-state index contributed by atoms with van der Waals surface area (Å²) < 4.78 is 0. The lowest BCUT2D eigenvalue weighted by atomic mass is 10.1. The fraction of sp³-hybridized carbons (Fsp3) is 0.231. The second-order valence-corrected chi connectivity index (χ2v) is 5.16. The van der Waals surface area contributed by atoms with Gasteiger partial charge in [0.2, 0.25) is 5.91 Å². The number of nitrogens with zero attached hydrogens (tertiary/aromatic N) is 1. The molecule has 2 rings (SSSR count). The van der Waals surface area contributed by atoms with Crippen molar-refractivity contribution >= 4 is 28.6 Å². The minimum Gasteiger partial charge on any atom is -0.294 e. The van der Waals surface area contributed by atoms with Crippen LogP contribution in [-0.2, 0) is 4.79 Å². The van der Waals surface area contributed by atoms with Crippen molar-refractivity contribution in [3.63, 3.8) is 0 Å². The molecule has 0 atom stereocenters. The third-order valence-corrected chi connectivity index (χ3v) is 3.63. The van der Waals surface area contributed by atoms with Gasteiger partial charge in [0.1, 0.15) is 0 Å². The van der Waals surface area contributed by atoms with Crippen molar-refractivity contribution in [2.24, 2.45) is 5.84 Å². The van der Waals surface area contributed by atoms with E-state index >= 15 is 0 Å². The van der Waals surface area contributed by atoms with Gasteiger partial charge >= 0.3 is 0 Å². The summed E-state index contributed by atoms with van der Waals surface area (Å²) in [7, 11) is 0. The number of hydrogen-bond acceptors (Lipinski definition) is 4. The average molecular weight is 261 g/mol. The van der Waals surface area contributed by atoms with E-state index in [1.807, 2.05) is 32.0 Å². The molecule has 1 aromatic carbocycles. The van der Waals surface area contributed by atoms with E-state index in [2.05, 4.69) is 16.5 Å². The molecule has 0 spiro atoms. The Morgan fingerprint density at radius 2 is 2.17 bits per heavy atom. The first kappa shape index (κ1) is 12.9. The maximum absolute atomic E-state index is 11.2. The van der Waals surface area contributed by atoms with Crippen molar-refractivity contribution in [3.05, 3.63) is 35.5 Å². The first-order valence-electron chi connectivity index (χ1n) is 5.60. The van der Waals surface area contributed by atoms with E-state index in [1.54, 1.807) is 0 Å². The third-order valence-electron chi connectivity index (χ3n) is 2.57. The number of aryl methyl sites for hydroxylation is 2. The number of amides is 1. The second kappa shape index (κ2) is 5.37. The van der Waals surface area contributed by atoms with Crippen LogP contribution in [0.4, 0.5) is 0 Å². The molecule has 1 heterocycles. The molecule has 0 aliphatic carbocycles. The molecule has 0 saturated carbocycles. The molecular formula is C13H15N3OS. The molecule has 0 saturated heterocycles. The molecule has 0 bridgehead atoms. The number of aromatic nitrogens is 1. The van der Waals surface area contributed by atoms with E-state index in [0.717, 1.165) is 21.5 Å². The summed E-state index contributed by atoms with van der Waals surface area (Å²) in [6.07, 6.45) is 0. The summed E-state index contributed by atoms with van der Waals surface area (Å²) in [5.74, 6) is 5.20. The van der Waals surface area contributed by atoms with Gasteiger partial charge in [-0.05, 0) is 32.0 Å². The Kier molecular flexibility index (Phi) is 3.84. The Hall–Kier alpha value is -1.59. The van der Waals surface area contributed by atoms with Crippen molar-refractivity contribution in [2.75, 3.05) is 5.75 Å². The second-order valence-electron chi connectivity index (χ2n) is 4.14. The topological polar surface area (TPSA) is 68.0 Å². The molecule has 0 radical (unpaired) electrons. The Morgan fingerprint density at radius 3 is 2.89 bits per heavy atom. The summed E-state index contributed by atoms with van der Waals surface area (Å²) in [5, 5.41) is 1.08. The third kappa shape index (κ3) is 2.80. The monoisotopic (exact) mass is 261 g/mol. The lowest BCUT2D eigenvalue weighted by Crippen LogP contribution is -2.31. The molecule has 0 aliphatic heterocycles. The summed E-state index contributed by atoms with van der Waals surface area (Å²) in [6.45, 7) is 3.99. The van der Waals surface area contributed by atoms with Crippen LogP contribution in [0.15, 0.2) is 29.2 Å². The minimum atomic E-state index is -0.185. The zero-order valence-electron chi connectivity index (χ0n) is 10.4. The number of carbonyl (C=O) groups excluding carboxylic acids is 1. The van der Waals surface area contributed by atoms with Gasteiger partial charge < -0.3 is 0 Å². The standard InChI is InChI=1S/C13H15N3OS/c1-8-3-4-11-10(5-8)12(6-9(2)15-11)18-7-13(17)16-14/h3-6H,7,14H2,1-2H3,(H,16,17). The molecule has 2 aromatic rings. The molecule has 4 nitrogen and oxygen atoms in total. The van der Waals surface area contributed by atoms with Crippen molar-refractivity contribution in [1.82, 2.24) is 10.4 Å². The van der Waals surface area contributed by atoms with Crippen LogP contribution >= 0.6 is 11.8 Å². The van der Waals surface area contributed by atoms with E-state index in [1.165, 1.54) is 17.3 Å². The smallest absolute Gasteiger partial charge is 0.244 e. The van der Waals surface area contributed by atoms with Crippen molar-refractivity contribution in [1.29, 1.82) is 0 Å². The Labute approximate surface area is 110 Å². The summed E-state index contributed by atoms with van der Waals surface area (Å²) >= 11 is 1.47. The highest BCUT2D eigenvalue weighted by Crippen LogP contribution is 2.28. The SMILES string of the molecule is Cc1ccc2nc(C)cc(SCC(=O)NN)c2c1. The van der Waals surface area contributed by atoms with Crippen LogP contribution in [0.5, 0.6) is 0 Å². The van der Waals surface area contributed by atoms with Gasteiger partial charge in [0.25, 0.3) is 0 Å². The zero-order valence-corrected chi connectivity index (χ0v) is 11.2. The van der Waals surface area contributed by atoms with Gasteiger partial charge in [0, 0.05) is 16.0 Å². The largest absolute Gasteiger partial charge is 0.294 e. The fourth-order valence-electron chi connectivity index (χ4n) is 1.74. The van der Waals surface area contributed by atoms with Crippen molar-refractivity contribution in [3.8, 4) is 0 Å². The molecule has 5 heteroatoms. The van der Waals surface area contributed by atoms with Crippen LogP contribution in [0.2, 0.25) is 0 Å². The van der Waals surface area contributed by atoms with E-state index in [-0.39, 0.29) is 5.91 Å². The molecule has 0 fully saturated rings. The number of pyridine rings is 1. The zero-order chi connectivity index (χ0) is 13.1. The van der Waals surface area contributed by atoms with Crippen LogP contribution < -0.4 is 11.3 Å². The highest BCUT2D eigenvalue weighted by Gasteiger charge is 2.07. The molecule has 0 aliphatic rings. The minimum absolute atomic E-state index is 0.185. The van der Waals surface area contributed by atoms with Crippen LogP contribution in [0.25, 0.3) is 10.9 Å². The van der Waals surface area contributed by atoms with Gasteiger partial charge in [-0.1, -0.05) is 11.6 Å². The number of hydrogen-bond donors (Lipinski definition) is 2. The van der Waals surface area contributed by atoms with E-state index in [4.69, 9.17) is 5.84 Å². The molecule has 18 heavy (non-hydrogen) atoms. The summed E-state index contributed by atoms with van der Waals surface area (Å²) in [5.41, 5.74) is 5.21. The van der Waals surface area contributed by atoms with Crippen LogP contribution in [0, 0.1) is 13.8 Å². The van der Waals surface area contributed by atoms with Crippen LogP contribution in [0.3, 0.4) is 0 Å². The first-order chi connectivity index (χ1) is 8.60. The summed E-state index contributed by atoms with van der Waals surface area (Å²) in [4.78, 5) is 16.7. The Morgan fingerprint density at radius 1 is 1.39 bits per heavy atom. The van der Waals surface area contributed by atoms with Crippen LogP contribution in [-0.4, -0.2) is 16.6 Å². The number of thioether (sulfide) groups is 1. The van der Waals surface area contributed by atoms with Gasteiger partial charge in [-0.15, -0.1) is 11.8 Å².